The Labute approximate surface area is 249 Å². The molecule has 3 amide bonds. The van der Waals surface area contributed by atoms with Crippen LogP contribution in [-0.4, -0.2) is 101 Å². The van der Waals surface area contributed by atoms with Crippen molar-refractivity contribution in [1.82, 2.24) is 19.8 Å². The largest absolute Gasteiger partial charge is 0.493 e. The van der Waals surface area contributed by atoms with Gasteiger partial charge in [0.2, 0.25) is 23.7 Å². The van der Waals surface area contributed by atoms with Crippen LogP contribution in [0.15, 0.2) is 24.3 Å². The smallest absolute Gasteiger partial charge is 0.248 e. The molecule has 0 saturated carbocycles. The zero-order valence-electron chi connectivity index (χ0n) is 24.7. The topological polar surface area (TPSA) is 134 Å². The van der Waals surface area contributed by atoms with E-state index in [4.69, 9.17) is 19.4 Å². The summed E-state index contributed by atoms with van der Waals surface area (Å²) >= 11 is 1.11. The lowest BCUT2D eigenvalue weighted by Crippen LogP contribution is -2.49. The maximum Gasteiger partial charge on any atom is 0.248 e. The molecule has 226 valence electrons. The van der Waals surface area contributed by atoms with Gasteiger partial charge in [-0.2, -0.15) is 4.98 Å². The number of ether oxygens (including phenoxy) is 2. The Morgan fingerprint density at radius 1 is 1.07 bits per heavy atom. The third-order valence-electron chi connectivity index (χ3n) is 7.41. The summed E-state index contributed by atoms with van der Waals surface area (Å²) in [5.41, 5.74) is 0.551. The van der Waals surface area contributed by atoms with Gasteiger partial charge in [0.05, 0.1) is 19.7 Å². The van der Waals surface area contributed by atoms with E-state index in [1.807, 2.05) is 11.8 Å². The molecule has 0 bridgehead atoms. The van der Waals surface area contributed by atoms with Crippen molar-refractivity contribution in [3.8, 4) is 11.5 Å². The molecule has 2 aliphatic heterocycles. The number of methoxy groups -OCH3 is 2. The maximum atomic E-state index is 13.7. The van der Waals surface area contributed by atoms with Crippen molar-refractivity contribution < 1.29 is 28.7 Å². The number of rotatable bonds is 9. The second-order valence-corrected chi connectivity index (χ2v) is 11.5. The summed E-state index contributed by atoms with van der Waals surface area (Å²) in [6, 6.07) is 2.80. The zero-order valence-corrected chi connectivity index (χ0v) is 25.5. The summed E-state index contributed by atoms with van der Waals surface area (Å²) in [5, 5.41) is 3.49. The summed E-state index contributed by atoms with van der Waals surface area (Å²) in [6.07, 6.45) is 4.50. The molecule has 3 heterocycles. The van der Waals surface area contributed by atoms with E-state index >= 15 is 0 Å². The third kappa shape index (κ3) is 6.94. The fourth-order valence-corrected chi connectivity index (χ4v) is 5.78. The van der Waals surface area contributed by atoms with Crippen LogP contribution < -0.4 is 19.7 Å². The van der Waals surface area contributed by atoms with Gasteiger partial charge >= 0.3 is 0 Å². The summed E-state index contributed by atoms with van der Waals surface area (Å²) < 4.78 is 11.0. The number of piperazine rings is 1. The van der Waals surface area contributed by atoms with E-state index in [0.29, 0.717) is 85.5 Å². The van der Waals surface area contributed by atoms with Crippen LogP contribution in [0.4, 0.5) is 11.8 Å². The second-order valence-electron chi connectivity index (χ2n) is 10.3. The van der Waals surface area contributed by atoms with Crippen molar-refractivity contribution >= 4 is 57.3 Å². The molecular formula is C29H38N6O6S. The lowest BCUT2D eigenvalue weighted by atomic mass is 10.1. The molecule has 1 aromatic heterocycles. The van der Waals surface area contributed by atoms with Crippen molar-refractivity contribution in [3.05, 3.63) is 24.3 Å². The third-order valence-corrected chi connectivity index (χ3v) is 8.48. The Bertz CT molecular complexity index is 1380. The minimum atomic E-state index is -0.655. The Morgan fingerprint density at radius 2 is 1.76 bits per heavy atom. The fraction of sp³-hybridized carbons (Fsp3) is 0.517. The van der Waals surface area contributed by atoms with Crippen molar-refractivity contribution in [2.45, 2.75) is 39.7 Å². The number of amides is 3. The standard InChI is InChI=1S/C29H38N6O6S/c1-6-8-25(37)33-11-13-34(14-12-33)29-30-21-16-24(41-5)23(40-4)15-20(21)26(32-29)31-27(38)22-9-7-10-35(22)28(39)18(2)17-42-19(3)36/h6,8,15-16,18,22H,7,9-14,17H2,1-5H3,(H,30,31,32,38)/b8-6+/t18?,22-/m0/s1. The fourth-order valence-electron chi connectivity index (χ4n) is 5.15. The molecule has 13 heteroatoms. The molecule has 2 fully saturated rings. The Kier molecular flexibility index (Phi) is 10.3. The molecule has 2 aliphatic rings. The molecule has 42 heavy (non-hydrogen) atoms. The number of fused-ring (bicyclic) bond motifs is 1. The quantitative estimate of drug-likeness (QED) is 0.430. The Hall–Kier alpha value is -3.87. The number of aromatic nitrogens is 2. The summed E-state index contributed by atoms with van der Waals surface area (Å²) in [7, 11) is 3.07. The van der Waals surface area contributed by atoms with Gasteiger partial charge in [0.15, 0.2) is 16.6 Å². The van der Waals surface area contributed by atoms with Crippen molar-refractivity contribution in [2.24, 2.45) is 5.92 Å². The number of allylic oxidation sites excluding steroid dienone is 1. The van der Waals surface area contributed by atoms with Crippen LogP contribution in [0.1, 0.15) is 33.6 Å². The van der Waals surface area contributed by atoms with Gasteiger partial charge in [-0.1, -0.05) is 24.8 Å². The molecule has 1 N–H and O–H groups in total. The van der Waals surface area contributed by atoms with Crippen LogP contribution in [0.3, 0.4) is 0 Å². The van der Waals surface area contributed by atoms with Crippen LogP contribution in [0.5, 0.6) is 11.5 Å². The molecule has 4 rings (SSSR count). The molecule has 0 radical (unpaired) electrons. The number of likely N-dealkylation sites (tertiary alicyclic amines) is 1. The number of hydrogen-bond donors (Lipinski definition) is 1. The second kappa shape index (κ2) is 13.9. The van der Waals surface area contributed by atoms with E-state index in [1.54, 1.807) is 41.0 Å². The minimum absolute atomic E-state index is 0.0359. The van der Waals surface area contributed by atoms with Crippen LogP contribution in [0.2, 0.25) is 0 Å². The monoisotopic (exact) mass is 598 g/mol. The van der Waals surface area contributed by atoms with E-state index in [2.05, 4.69) is 5.32 Å². The molecule has 0 aliphatic carbocycles. The molecule has 1 unspecified atom stereocenters. The van der Waals surface area contributed by atoms with Gasteiger partial charge in [0.25, 0.3) is 0 Å². The highest BCUT2D eigenvalue weighted by molar-refractivity contribution is 8.13. The maximum absolute atomic E-state index is 13.7. The highest BCUT2D eigenvalue weighted by Gasteiger charge is 2.36. The van der Waals surface area contributed by atoms with E-state index < -0.39 is 12.0 Å². The Morgan fingerprint density at radius 3 is 2.40 bits per heavy atom. The van der Waals surface area contributed by atoms with Gasteiger partial charge in [-0.05, 0) is 31.9 Å². The lowest BCUT2D eigenvalue weighted by molar-refractivity contribution is -0.139. The first kappa shape index (κ1) is 31.1. The molecule has 0 spiro atoms. The number of carbonyl (C=O) groups excluding carboxylic acids is 4. The molecule has 2 atom stereocenters. The van der Waals surface area contributed by atoms with Gasteiger partial charge in [0, 0.05) is 62.8 Å². The number of hydrogen-bond acceptors (Lipinski definition) is 10. The summed E-state index contributed by atoms with van der Waals surface area (Å²) in [5.74, 6) is 1.11. The van der Waals surface area contributed by atoms with Gasteiger partial charge < -0.3 is 29.5 Å². The van der Waals surface area contributed by atoms with Crippen molar-refractivity contribution in [1.29, 1.82) is 0 Å². The minimum Gasteiger partial charge on any atom is -0.493 e. The SMILES string of the molecule is C/C=C/C(=O)N1CCN(c2nc(NC(=O)[C@@H]3CCCN3C(=O)C(C)CSC(C)=O)c3cc(OC)c(OC)cc3n2)CC1. The van der Waals surface area contributed by atoms with Crippen LogP contribution in [0.25, 0.3) is 10.9 Å². The van der Waals surface area contributed by atoms with E-state index in [-0.39, 0.29) is 22.8 Å². The normalized spacial score (nSPS) is 17.9. The number of nitrogens with zero attached hydrogens (tertiary/aromatic N) is 5. The number of thioether (sulfide) groups is 1. The number of anilines is 2. The highest BCUT2D eigenvalue weighted by atomic mass is 32.2. The summed E-state index contributed by atoms with van der Waals surface area (Å²) in [4.78, 5) is 65.4. The van der Waals surface area contributed by atoms with Crippen molar-refractivity contribution in [3.63, 3.8) is 0 Å². The van der Waals surface area contributed by atoms with Gasteiger partial charge in [0.1, 0.15) is 11.9 Å². The Balaban J connectivity index is 1.62. The molecular weight excluding hydrogens is 560 g/mol. The molecule has 2 aromatic rings. The first-order chi connectivity index (χ1) is 20.2. The van der Waals surface area contributed by atoms with Crippen molar-refractivity contribution in [2.75, 3.05) is 62.9 Å². The average Bonchev–Trinajstić information content (AvgIpc) is 3.49. The van der Waals surface area contributed by atoms with Crippen LogP contribution in [-0.2, 0) is 19.2 Å². The van der Waals surface area contributed by atoms with Crippen LogP contribution in [0, 0.1) is 5.92 Å². The van der Waals surface area contributed by atoms with Crippen LogP contribution >= 0.6 is 11.8 Å². The average molecular weight is 599 g/mol. The number of benzene rings is 1. The predicted octanol–water partition coefficient (Wildman–Crippen LogP) is 2.72. The van der Waals surface area contributed by atoms with Gasteiger partial charge in [-0.25, -0.2) is 4.98 Å². The molecule has 1 aromatic carbocycles. The zero-order chi connectivity index (χ0) is 30.4. The van der Waals surface area contributed by atoms with Gasteiger partial charge in [-0.15, -0.1) is 0 Å². The number of nitrogens with one attached hydrogen (secondary N) is 1. The summed E-state index contributed by atoms with van der Waals surface area (Å²) in [6.45, 7) is 7.61. The van der Waals surface area contributed by atoms with E-state index in [1.165, 1.54) is 21.1 Å². The number of carbonyl (C=O) groups is 4. The predicted molar refractivity (Wildman–Crippen MR) is 162 cm³/mol. The van der Waals surface area contributed by atoms with E-state index in [9.17, 15) is 19.2 Å². The highest BCUT2D eigenvalue weighted by Crippen LogP contribution is 2.35. The molecule has 2 saturated heterocycles. The first-order valence-electron chi connectivity index (χ1n) is 14.0. The van der Waals surface area contributed by atoms with E-state index in [0.717, 1.165) is 11.8 Å². The van der Waals surface area contributed by atoms with Gasteiger partial charge in [-0.3, -0.25) is 19.2 Å². The molecule has 12 nitrogen and oxygen atoms in total. The lowest BCUT2D eigenvalue weighted by Gasteiger charge is -2.34. The first-order valence-corrected chi connectivity index (χ1v) is 15.0.